The van der Waals surface area contributed by atoms with Gasteiger partial charge in [-0.3, -0.25) is 4.21 Å². The molecule has 0 aliphatic carbocycles. The van der Waals surface area contributed by atoms with Crippen molar-refractivity contribution in [2.24, 2.45) is 0 Å². The molecule has 2 rings (SSSR count). The van der Waals surface area contributed by atoms with Crippen molar-refractivity contribution in [1.82, 2.24) is 9.62 Å². The molecule has 0 saturated carbocycles. The number of hydrogen-bond acceptors (Lipinski definition) is 5. The van der Waals surface area contributed by atoms with Crippen LogP contribution in [0.25, 0.3) is 0 Å². The monoisotopic (exact) mass is 350 g/mol. The lowest BCUT2D eigenvalue weighted by Gasteiger charge is -2.24. The second kappa shape index (κ2) is 6.87. The van der Waals surface area contributed by atoms with Crippen molar-refractivity contribution in [2.75, 3.05) is 24.6 Å². The molecular formula is C13H22N2O3S3. The second-order valence-corrected chi connectivity index (χ2v) is 10.5. The quantitative estimate of drug-likeness (QED) is 0.869. The SMILES string of the molecule is Cc1cc(S(=O)(=O)N2CCS(=O)CC2)sc1CNC(C)C. The highest BCUT2D eigenvalue weighted by Gasteiger charge is 2.29. The van der Waals surface area contributed by atoms with E-state index in [2.05, 4.69) is 19.2 Å². The Morgan fingerprint density at radius 1 is 1.38 bits per heavy atom. The van der Waals surface area contributed by atoms with Crippen LogP contribution in [-0.4, -0.2) is 47.6 Å². The fourth-order valence-electron chi connectivity index (χ4n) is 2.08. The van der Waals surface area contributed by atoms with Crippen molar-refractivity contribution >= 4 is 32.2 Å². The first-order valence-electron chi connectivity index (χ1n) is 6.98. The standard InChI is InChI=1S/C13H22N2O3S3/c1-10(2)14-9-12-11(3)8-13(19-12)21(17,18)15-4-6-20(16)7-5-15/h8,10,14H,4-7,9H2,1-3H3. The first-order chi connectivity index (χ1) is 9.80. The van der Waals surface area contributed by atoms with Gasteiger partial charge in [0, 0.05) is 52.9 Å². The van der Waals surface area contributed by atoms with Gasteiger partial charge in [0.1, 0.15) is 4.21 Å². The Morgan fingerprint density at radius 2 is 2.00 bits per heavy atom. The number of aryl methyl sites for hydroxylation is 1. The van der Waals surface area contributed by atoms with Crippen molar-refractivity contribution in [3.05, 3.63) is 16.5 Å². The molecule has 1 aliphatic heterocycles. The van der Waals surface area contributed by atoms with Crippen LogP contribution in [0.4, 0.5) is 0 Å². The highest BCUT2D eigenvalue weighted by atomic mass is 32.2. The van der Waals surface area contributed by atoms with Crippen LogP contribution in [0.2, 0.25) is 0 Å². The number of thiophene rings is 1. The van der Waals surface area contributed by atoms with Crippen LogP contribution in [0.1, 0.15) is 24.3 Å². The minimum absolute atomic E-state index is 0.353. The zero-order valence-electron chi connectivity index (χ0n) is 12.6. The van der Waals surface area contributed by atoms with Crippen molar-refractivity contribution < 1.29 is 12.6 Å². The molecule has 5 nitrogen and oxygen atoms in total. The van der Waals surface area contributed by atoms with Gasteiger partial charge in [-0.15, -0.1) is 11.3 Å². The van der Waals surface area contributed by atoms with Crippen molar-refractivity contribution in [2.45, 2.75) is 37.6 Å². The summed E-state index contributed by atoms with van der Waals surface area (Å²) >= 11 is 1.33. The zero-order valence-corrected chi connectivity index (χ0v) is 15.0. The van der Waals surface area contributed by atoms with Gasteiger partial charge >= 0.3 is 0 Å². The van der Waals surface area contributed by atoms with Crippen molar-refractivity contribution in [3.8, 4) is 0 Å². The maximum absolute atomic E-state index is 12.6. The van der Waals surface area contributed by atoms with E-state index in [1.807, 2.05) is 6.92 Å². The fraction of sp³-hybridized carbons (Fsp3) is 0.692. The van der Waals surface area contributed by atoms with Gasteiger partial charge in [-0.1, -0.05) is 13.8 Å². The molecule has 1 aliphatic rings. The third-order valence-electron chi connectivity index (χ3n) is 3.40. The summed E-state index contributed by atoms with van der Waals surface area (Å²) in [4.78, 5) is 1.06. The van der Waals surface area contributed by atoms with Crippen LogP contribution < -0.4 is 5.32 Å². The highest BCUT2D eigenvalue weighted by molar-refractivity contribution is 7.91. The minimum Gasteiger partial charge on any atom is -0.310 e. The van der Waals surface area contributed by atoms with Gasteiger partial charge in [0.2, 0.25) is 0 Å². The summed E-state index contributed by atoms with van der Waals surface area (Å²) in [5.74, 6) is 0.872. The normalized spacial score (nSPS) is 18.5. The van der Waals surface area contributed by atoms with Crippen LogP contribution in [0, 0.1) is 6.92 Å². The summed E-state index contributed by atoms with van der Waals surface area (Å²) in [6.45, 7) is 7.46. The Balaban J connectivity index is 2.17. The van der Waals surface area contributed by atoms with E-state index in [4.69, 9.17) is 0 Å². The van der Waals surface area contributed by atoms with E-state index >= 15 is 0 Å². The molecule has 1 aromatic heterocycles. The minimum atomic E-state index is -3.44. The van der Waals surface area contributed by atoms with E-state index in [9.17, 15) is 12.6 Å². The van der Waals surface area contributed by atoms with Crippen molar-refractivity contribution in [3.63, 3.8) is 0 Å². The van der Waals surface area contributed by atoms with E-state index in [1.165, 1.54) is 15.6 Å². The summed E-state index contributed by atoms with van der Waals surface area (Å²) < 4.78 is 38.4. The summed E-state index contributed by atoms with van der Waals surface area (Å²) in [5, 5.41) is 3.31. The Labute approximate surface area is 133 Å². The maximum Gasteiger partial charge on any atom is 0.252 e. The molecule has 0 radical (unpaired) electrons. The molecule has 0 aromatic carbocycles. The molecule has 8 heteroatoms. The number of hydrogen-bond donors (Lipinski definition) is 1. The second-order valence-electron chi connectivity index (χ2n) is 5.46. The van der Waals surface area contributed by atoms with E-state index in [-0.39, 0.29) is 0 Å². The number of nitrogens with zero attached hydrogens (tertiary/aromatic N) is 1. The van der Waals surface area contributed by atoms with Gasteiger partial charge < -0.3 is 5.32 Å². The van der Waals surface area contributed by atoms with Crippen molar-refractivity contribution in [1.29, 1.82) is 0 Å². The third-order valence-corrected chi connectivity index (χ3v) is 8.26. The molecule has 120 valence electrons. The summed E-state index contributed by atoms with van der Waals surface area (Å²) in [6.07, 6.45) is 0. The molecule has 0 atom stereocenters. The van der Waals surface area contributed by atoms with Gasteiger partial charge in [-0.25, -0.2) is 8.42 Å². The third kappa shape index (κ3) is 4.13. The van der Waals surface area contributed by atoms with Gasteiger partial charge in [0.25, 0.3) is 10.0 Å². The number of nitrogens with one attached hydrogen (secondary N) is 1. The first kappa shape index (κ1) is 17.1. The topological polar surface area (TPSA) is 66.5 Å². The van der Waals surface area contributed by atoms with Gasteiger partial charge in [0.05, 0.1) is 0 Å². The van der Waals surface area contributed by atoms with Crippen LogP contribution in [-0.2, 0) is 27.4 Å². The number of rotatable bonds is 5. The lowest BCUT2D eigenvalue weighted by molar-refractivity contribution is 0.440. The molecule has 1 aromatic rings. The average Bonchev–Trinajstić information content (AvgIpc) is 2.79. The predicted molar refractivity (Wildman–Crippen MR) is 87.7 cm³/mol. The smallest absolute Gasteiger partial charge is 0.252 e. The molecular weight excluding hydrogens is 328 g/mol. The molecule has 1 saturated heterocycles. The summed E-state index contributed by atoms with van der Waals surface area (Å²) in [5.41, 5.74) is 1.01. The van der Waals surface area contributed by atoms with E-state index in [1.54, 1.807) is 6.07 Å². The average molecular weight is 351 g/mol. The van der Waals surface area contributed by atoms with E-state index in [0.29, 0.717) is 41.4 Å². The van der Waals surface area contributed by atoms with Crippen LogP contribution in [0.3, 0.4) is 0 Å². The summed E-state index contributed by atoms with van der Waals surface area (Å²) in [7, 11) is -4.31. The Kier molecular flexibility index (Phi) is 5.59. The zero-order chi connectivity index (χ0) is 15.6. The lowest BCUT2D eigenvalue weighted by atomic mass is 10.3. The first-order valence-corrected chi connectivity index (χ1v) is 10.7. The molecule has 0 bridgehead atoms. The maximum atomic E-state index is 12.6. The van der Waals surface area contributed by atoms with E-state index in [0.717, 1.165) is 10.4 Å². The molecule has 21 heavy (non-hydrogen) atoms. The Bertz CT molecular complexity index is 613. The molecule has 2 heterocycles. The molecule has 1 fully saturated rings. The van der Waals surface area contributed by atoms with Crippen LogP contribution in [0.15, 0.2) is 10.3 Å². The Morgan fingerprint density at radius 3 is 2.57 bits per heavy atom. The Hall–Kier alpha value is -0.280. The molecule has 0 unspecified atom stereocenters. The fourth-order valence-corrected chi connectivity index (χ4v) is 6.50. The highest BCUT2D eigenvalue weighted by Crippen LogP contribution is 2.29. The molecule has 0 spiro atoms. The molecule has 1 N–H and O–H groups in total. The molecule has 0 amide bonds. The van der Waals surface area contributed by atoms with Gasteiger partial charge in [-0.05, 0) is 18.6 Å². The summed E-state index contributed by atoms with van der Waals surface area (Å²) in [6, 6.07) is 2.12. The van der Waals surface area contributed by atoms with Gasteiger partial charge in [0.15, 0.2) is 0 Å². The van der Waals surface area contributed by atoms with Crippen LogP contribution in [0.5, 0.6) is 0 Å². The lowest BCUT2D eigenvalue weighted by Crippen LogP contribution is -2.41. The van der Waals surface area contributed by atoms with E-state index < -0.39 is 20.8 Å². The van der Waals surface area contributed by atoms with Gasteiger partial charge in [-0.2, -0.15) is 4.31 Å². The number of sulfonamides is 1. The predicted octanol–water partition coefficient (Wildman–Crippen LogP) is 1.31. The largest absolute Gasteiger partial charge is 0.310 e. The van der Waals surface area contributed by atoms with Crippen LogP contribution >= 0.6 is 11.3 Å².